The Morgan fingerprint density at radius 2 is 1.88 bits per heavy atom. The van der Waals surface area contributed by atoms with E-state index in [0.29, 0.717) is 18.0 Å². The van der Waals surface area contributed by atoms with Crippen LogP contribution in [0.4, 0.5) is 0 Å². The number of aromatic nitrogens is 2. The summed E-state index contributed by atoms with van der Waals surface area (Å²) in [5, 5.41) is 6.00. The molecule has 0 unspecified atom stereocenters. The van der Waals surface area contributed by atoms with Gasteiger partial charge < -0.3 is 9.88 Å². The van der Waals surface area contributed by atoms with Gasteiger partial charge in [0.1, 0.15) is 5.69 Å². The molecule has 0 spiro atoms. The van der Waals surface area contributed by atoms with E-state index in [1.807, 2.05) is 39.7 Å². The van der Waals surface area contributed by atoms with Gasteiger partial charge in [0.25, 0.3) is 5.91 Å². The number of amides is 2. The van der Waals surface area contributed by atoms with Crippen LogP contribution in [0.25, 0.3) is 10.9 Å². The molecule has 168 valence electrons. The molecular formula is C24H29N5O2S. The molecule has 8 heteroatoms. The summed E-state index contributed by atoms with van der Waals surface area (Å²) in [6.45, 7) is 3.29. The standard InChI is InChI=1S/C24H29N5O2S/c30-22(14-18-15-25-20-7-3-2-6-19(18)20)28-12-8-17(9-13-28)24-26-21(16-32-24)23(31)27-29-10-4-1-5-11-29/h2-3,6-7,15-17,25H,1,4-5,8-14H2,(H,27,31). The van der Waals surface area contributed by atoms with Crippen molar-refractivity contribution in [3.05, 3.63) is 52.1 Å². The highest BCUT2D eigenvalue weighted by atomic mass is 32.1. The summed E-state index contributed by atoms with van der Waals surface area (Å²) in [5.74, 6) is 0.378. The molecule has 0 radical (unpaired) electrons. The minimum Gasteiger partial charge on any atom is -0.361 e. The van der Waals surface area contributed by atoms with Crippen LogP contribution in [0.1, 0.15) is 59.1 Å². The summed E-state index contributed by atoms with van der Waals surface area (Å²) >= 11 is 1.56. The number of nitrogens with one attached hydrogen (secondary N) is 2. The molecule has 4 heterocycles. The van der Waals surface area contributed by atoms with E-state index >= 15 is 0 Å². The van der Waals surface area contributed by atoms with Crippen LogP contribution in [0.2, 0.25) is 0 Å². The van der Waals surface area contributed by atoms with Crippen LogP contribution < -0.4 is 5.43 Å². The maximum Gasteiger partial charge on any atom is 0.285 e. The zero-order valence-corrected chi connectivity index (χ0v) is 19.0. The van der Waals surface area contributed by atoms with Gasteiger partial charge in [0.2, 0.25) is 5.91 Å². The largest absolute Gasteiger partial charge is 0.361 e. The molecule has 0 atom stereocenters. The number of benzene rings is 1. The van der Waals surface area contributed by atoms with Crippen LogP contribution in [0.15, 0.2) is 35.8 Å². The Hall–Kier alpha value is -2.71. The summed E-state index contributed by atoms with van der Waals surface area (Å²) < 4.78 is 0. The number of rotatable bonds is 5. The van der Waals surface area contributed by atoms with E-state index in [-0.39, 0.29) is 11.8 Å². The molecule has 7 nitrogen and oxygen atoms in total. The molecule has 0 saturated carbocycles. The maximum atomic E-state index is 12.9. The number of H-pyrrole nitrogens is 1. The predicted molar refractivity (Wildman–Crippen MR) is 126 cm³/mol. The molecule has 2 amide bonds. The first-order chi connectivity index (χ1) is 15.7. The molecule has 2 aromatic heterocycles. The van der Waals surface area contributed by atoms with E-state index in [2.05, 4.69) is 21.5 Å². The fraction of sp³-hybridized carbons (Fsp3) is 0.458. The lowest BCUT2D eigenvalue weighted by molar-refractivity contribution is -0.131. The number of fused-ring (bicyclic) bond motifs is 1. The van der Waals surface area contributed by atoms with Crippen LogP contribution in [0.5, 0.6) is 0 Å². The number of nitrogens with zero attached hydrogens (tertiary/aromatic N) is 3. The van der Waals surface area contributed by atoms with Crippen molar-refractivity contribution in [3.63, 3.8) is 0 Å². The summed E-state index contributed by atoms with van der Waals surface area (Å²) in [7, 11) is 0. The first-order valence-electron chi connectivity index (χ1n) is 11.5. The maximum absolute atomic E-state index is 12.9. The average molecular weight is 452 g/mol. The van der Waals surface area contributed by atoms with Crippen molar-refractivity contribution < 1.29 is 9.59 Å². The van der Waals surface area contributed by atoms with Crippen LogP contribution in [-0.2, 0) is 11.2 Å². The molecule has 2 fully saturated rings. The molecular weight excluding hydrogens is 422 g/mol. The normalized spacial score (nSPS) is 18.2. The first kappa shape index (κ1) is 21.2. The summed E-state index contributed by atoms with van der Waals surface area (Å²) in [4.78, 5) is 35.3. The first-order valence-corrected chi connectivity index (χ1v) is 12.4. The highest BCUT2D eigenvalue weighted by Crippen LogP contribution is 2.31. The second-order valence-corrected chi connectivity index (χ2v) is 9.64. The number of para-hydroxylation sites is 1. The van der Waals surface area contributed by atoms with Crippen LogP contribution in [0, 0.1) is 0 Å². The second-order valence-electron chi connectivity index (χ2n) is 8.75. The number of carbonyl (C=O) groups excluding carboxylic acids is 2. The lowest BCUT2D eigenvalue weighted by Gasteiger charge is -2.31. The number of carbonyl (C=O) groups is 2. The number of hydrogen-bond donors (Lipinski definition) is 2. The van der Waals surface area contributed by atoms with Gasteiger partial charge in [-0.2, -0.15) is 0 Å². The van der Waals surface area contributed by atoms with Gasteiger partial charge in [-0.15, -0.1) is 11.3 Å². The van der Waals surface area contributed by atoms with Gasteiger partial charge >= 0.3 is 0 Å². The molecule has 2 N–H and O–H groups in total. The smallest absolute Gasteiger partial charge is 0.285 e. The number of thiazole rings is 1. The Morgan fingerprint density at radius 3 is 2.69 bits per heavy atom. The van der Waals surface area contributed by atoms with Crippen molar-refractivity contribution in [3.8, 4) is 0 Å². The van der Waals surface area contributed by atoms with Gasteiger partial charge in [0.15, 0.2) is 0 Å². The quantitative estimate of drug-likeness (QED) is 0.620. The van der Waals surface area contributed by atoms with E-state index in [1.165, 1.54) is 6.42 Å². The fourth-order valence-corrected chi connectivity index (χ4v) is 5.69. The molecule has 1 aromatic carbocycles. The van der Waals surface area contributed by atoms with Gasteiger partial charge in [0, 0.05) is 54.6 Å². The fourth-order valence-electron chi connectivity index (χ4n) is 4.71. The van der Waals surface area contributed by atoms with Crippen molar-refractivity contribution >= 4 is 34.1 Å². The third kappa shape index (κ3) is 4.56. The number of likely N-dealkylation sites (tertiary alicyclic amines) is 1. The van der Waals surface area contributed by atoms with Gasteiger partial charge in [-0.05, 0) is 37.3 Å². The lowest BCUT2D eigenvalue weighted by atomic mass is 9.97. The Bertz CT molecular complexity index is 1090. The van der Waals surface area contributed by atoms with Crippen molar-refractivity contribution in [2.24, 2.45) is 0 Å². The Kier molecular flexibility index (Phi) is 6.23. The van der Waals surface area contributed by atoms with Gasteiger partial charge in [0.05, 0.1) is 11.4 Å². The van der Waals surface area contributed by atoms with E-state index in [0.717, 1.165) is 73.3 Å². The van der Waals surface area contributed by atoms with E-state index < -0.39 is 0 Å². The van der Waals surface area contributed by atoms with Gasteiger partial charge in [-0.3, -0.25) is 15.0 Å². The monoisotopic (exact) mass is 451 g/mol. The number of hydrogen-bond acceptors (Lipinski definition) is 5. The zero-order chi connectivity index (χ0) is 21.9. The van der Waals surface area contributed by atoms with Crippen LogP contribution in [0.3, 0.4) is 0 Å². The zero-order valence-electron chi connectivity index (χ0n) is 18.2. The summed E-state index contributed by atoms with van der Waals surface area (Å²) in [6.07, 6.45) is 7.63. The van der Waals surface area contributed by atoms with Crippen LogP contribution >= 0.6 is 11.3 Å². The molecule has 2 saturated heterocycles. The number of aromatic amines is 1. The molecule has 2 aliphatic rings. The molecule has 0 aliphatic carbocycles. The van der Waals surface area contributed by atoms with Gasteiger partial charge in [-0.1, -0.05) is 24.6 Å². The Labute approximate surface area is 191 Å². The predicted octanol–water partition coefficient (Wildman–Crippen LogP) is 3.70. The van der Waals surface area contributed by atoms with Crippen molar-refractivity contribution in [2.75, 3.05) is 26.2 Å². The molecule has 0 bridgehead atoms. The third-order valence-corrected chi connectivity index (χ3v) is 7.59. The van der Waals surface area contributed by atoms with E-state index in [4.69, 9.17) is 0 Å². The number of hydrazine groups is 1. The Balaban J connectivity index is 1.14. The highest BCUT2D eigenvalue weighted by Gasteiger charge is 2.27. The molecule has 2 aliphatic heterocycles. The Morgan fingerprint density at radius 1 is 1.09 bits per heavy atom. The average Bonchev–Trinajstić information content (AvgIpc) is 3.48. The summed E-state index contributed by atoms with van der Waals surface area (Å²) in [5.41, 5.74) is 5.62. The van der Waals surface area contributed by atoms with E-state index in [9.17, 15) is 9.59 Å². The van der Waals surface area contributed by atoms with Crippen molar-refractivity contribution in [1.29, 1.82) is 0 Å². The number of piperidine rings is 2. The molecule has 3 aromatic rings. The SMILES string of the molecule is O=C(NN1CCCCC1)c1csc(C2CCN(C(=O)Cc3c[nH]c4ccccc34)CC2)n1. The second kappa shape index (κ2) is 9.42. The lowest BCUT2D eigenvalue weighted by Crippen LogP contribution is -2.45. The third-order valence-electron chi connectivity index (χ3n) is 6.58. The minimum absolute atomic E-state index is 0.110. The highest BCUT2D eigenvalue weighted by molar-refractivity contribution is 7.09. The van der Waals surface area contributed by atoms with E-state index in [1.54, 1.807) is 11.3 Å². The summed E-state index contributed by atoms with van der Waals surface area (Å²) in [6, 6.07) is 8.09. The van der Waals surface area contributed by atoms with Crippen molar-refractivity contribution in [2.45, 2.75) is 44.4 Å². The minimum atomic E-state index is -0.110. The van der Waals surface area contributed by atoms with Crippen molar-refractivity contribution in [1.82, 2.24) is 25.3 Å². The van der Waals surface area contributed by atoms with Crippen LogP contribution in [-0.4, -0.2) is 57.9 Å². The molecule has 32 heavy (non-hydrogen) atoms. The topological polar surface area (TPSA) is 81.3 Å². The molecule has 5 rings (SSSR count). The van der Waals surface area contributed by atoms with Gasteiger partial charge in [-0.25, -0.2) is 9.99 Å².